The number of carbonyl (C=O) groups is 3. The summed E-state index contributed by atoms with van der Waals surface area (Å²) in [4.78, 5) is 39.0. The summed E-state index contributed by atoms with van der Waals surface area (Å²) in [5.74, 6) is -0.162. The van der Waals surface area contributed by atoms with E-state index in [0.29, 0.717) is 29.9 Å². The molecular weight excluding hydrogens is 450 g/mol. The Bertz CT molecular complexity index is 1090. The third kappa shape index (κ3) is 5.74. The number of fused-ring (bicyclic) bond motifs is 5. The maximum absolute atomic E-state index is 13.3. The quantitative estimate of drug-likeness (QED) is 0.539. The van der Waals surface area contributed by atoms with E-state index < -0.39 is 30.0 Å². The lowest BCUT2D eigenvalue weighted by molar-refractivity contribution is -0.145. The second-order valence-corrected chi connectivity index (χ2v) is 8.35. The molecule has 0 unspecified atom stereocenters. The molecule has 2 aromatic carbocycles. The van der Waals surface area contributed by atoms with E-state index in [-0.39, 0.29) is 12.3 Å². The van der Waals surface area contributed by atoms with Crippen molar-refractivity contribution in [2.24, 2.45) is 0 Å². The molecule has 0 aromatic heterocycles. The normalized spacial score (nSPS) is 20.2. The number of nitrogens with one attached hydrogen (secondary N) is 3. The molecule has 35 heavy (non-hydrogen) atoms. The van der Waals surface area contributed by atoms with Crippen LogP contribution in [0.1, 0.15) is 36.9 Å². The van der Waals surface area contributed by atoms with Crippen LogP contribution in [0.4, 0.5) is 0 Å². The van der Waals surface area contributed by atoms with Gasteiger partial charge in [-0.05, 0) is 48.9 Å². The molecule has 188 valence electrons. The summed E-state index contributed by atoms with van der Waals surface area (Å²) in [5.41, 5.74) is 2.96. The number of methoxy groups -OCH3 is 3. The summed E-state index contributed by atoms with van der Waals surface area (Å²) in [7, 11) is 6.11. The van der Waals surface area contributed by atoms with Crippen molar-refractivity contribution in [2.45, 2.75) is 44.3 Å². The van der Waals surface area contributed by atoms with Gasteiger partial charge in [-0.1, -0.05) is 25.5 Å². The van der Waals surface area contributed by atoms with Gasteiger partial charge in [0, 0.05) is 17.5 Å². The van der Waals surface area contributed by atoms with Gasteiger partial charge in [-0.2, -0.15) is 0 Å². The van der Waals surface area contributed by atoms with Gasteiger partial charge in [0.15, 0.2) is 0 Å². The molecule has 0 aliphatic carbocycles. The van der Waals surface area contributed by atoms with E-state index in [1.54, 1.807) is 33.4 Å². The minimum absolute atomic E-state index is 0.198. The standard InChI is InChI=1S/C26H33N3O6/c1-6-7-19-24(30)29-20(26(32)35-5)13-15-8-10-21(33-3)17(12-15)18-14-16(9-11-22(18)34-4)23(27-2)25(31)28-19/h8-12,14,19-20,23,27H,6-7,13H2,1-5H3,(H,28,31)(H,29,30)/t19-,20-,23-/m0/s1. The molecule has 0 saturated carbocycles. The average molecular weight is 484 g/mol. The Morgan fingerprint density at radius 2 is 1.63 bits per heavy atom. The van der Waals surface area contributed by atoms with E-state index >= 15 is 0 Å². The van der Waals surface area contributed by atoms with Crippen LogP contribution < -0.4 is 25.4 Å². The van der Waals surface area contributed by atoms with Gasteiger partial charge in [-0.3, -0.25) is 9.59 Å². The second-order valence-electron chi connectivity index (χ2n) is 8.35. The topological polar surface area (TPSA) is 115 Å². The predicted octanol–water partition coefficient (Wildman–Crippen LogP) is 2.13. The molecule has 0 saturated heterocycles. The summed E-state index contributed by atoms with van der Waals surface area (Å²) in [6, 6.07) is 8.58. The van der Waals surface area contributed by atoms with Crippen LogP contribution in [-0.4, -0.2) is 58.2 Å². The molecule has 0 fully saturated rings. The molecule has 3 rings (SSSR count). The SMILES string of the molecule is CCC[C@@H]1NC(=O)[C@@H](NC)c2ccc(OC)c(c2)-c2cc(ccc2OC)C[C@@H](C(=O)OC)NC1=O. The number of hydrogen-bond acceptors (Lipinski definition) is 7. The van der Waals surface area contributed by atoms with Gasteiger partial charge in [-0.25, -0.2) is 4.79 Å². The number of carbonyl (C=O) groups excluding carboxylic acids is 3. The number of esters is 1. The zero-order valence-corrected chi connectivity index (χ0v) is 20.8. The van der Waals surface area contributed by atoms with Gasteiger partial charge in [0.1, 0.15) is 29.6 Å². The second kappa shape index (κ2) is 11.7. The third-order valence-electron chi connectivity index (χ3n) is 6.11. The Labute approximate surface area is 205 Å². The Kier molecular flexibility index (Phi) is 8.70. The molecule has 9 heteroatoms. The number of amides is 2. The first kappa shape index (κ1) is 26.0. The van der Waals surface area contributed by atoms with Crippen LogP contribution >= 0.6 is 0 Å². The first-order valence-electron chi connectivity index (χ1n) is 11.6. The van der Waals surface area contributed by atoms with Crippen LogP contribution in [0.2, 0.25) is 0 Å². The fraction of sp³-hybridized carbons (Fsp3) is 0.423. The van der Waals surface area contributed by atoms with Crippen LogP contribution in [-0.2, 0) is 25.5 Å². The van der Waals surface area contributed by atoms with Crippen molar-refractivity contribution in [1.29, 1.82) is 0 Å². The Hall–Kier alpha value is -3.59. The van der Waals surface area contributed by atoms with Gasteiger partial charge in [0.2, 0.25) is 11.8 Å². The van der Waals surface area contributed by atoms with E-state index in [9.17, 15) is 14.4 Å². The van der Waals surface area contributed by atoms with Gasteiger partial charge in [0.05, 0.1) is 21.3 Å². The van der Waals surface area contributed by atoms with E-state index in [1.165, 1.54) is 7.11 Å². The van der Waals surface area contributed by atoms with Crippen molar-refractivity contribution in [3.05, 3.63) is 47.5 Å². The molecule has 2 aromatic rings. The van der Waals surface area contributed by atoms with Crippen LogP contribution in [0.3, 0.4) is 0 Å². The van der Waals surface area contributed by atoms with Crippen LogP contribution in [0.15, 0.2) is 36.4 Å². The fourth-order valence-electron chi connectivity index (χ4n) is 4.31. The highest BCUT2D eigenvalue weighted by Crippen LogP contribution is 2.39. The zero-order chi connectivity index (χ0) is 25.5. The highest BCUT2D eigenvalue weighted by Gasteiger charge is 2.30. The molecule has 1 aliphatic rings. The summed E-state index contributed by atoms with van der Waals surface area (Å²) in [6.07, 6.45) is 1.28. The smallest absolute Gasteiger partial charge is 0.328 e. The third-order valence-corrected chi connectivity index (χ3v) is 6.11. The molecule has 3 N–H and O–H groups in total. The fourth-order valence-corrected chi connectivity index (χ4v) is 4.31. The van der Waals surface area contributed by atoms with Crippen LogP contribution in [0, 0.1) is 0 Å². The first-order valence-corrected chi connectivity index (χ1v) is 11.6. The molecule has 0 spiro atoms. The summed E-state index contributed by atoms with van der Waals surface area (Å²) in [5, 5.41) is 8.66. The molecule has 0 radical (unpaired) electrons. The first-order chi connectivity index (χ1) is 16.9. The van der Waals surface area contributed by atoms with Gasteiger partial charge in [-0.15, -0.1) is 0 Å². The molecule has 2 amide bonds. The molecule has 1 heterocycles. The predicted molar refractivity (Wildman–Crippen MR) is 131 cm³/mol. The van der Waals surface area contributed by atoms with Crippen molar-refractivity contribution in [1.82, 2.24) is 16.0 Å². The van der Waals surface area contributed by atoms with Gasteiger partial charge < -0.3 is 30.2 Å². The van der Waals surface area contributed by atoms with Gasteiger partial charge in [0.25, 0.3) is 0 Å². The molecule has 1 aliphatic heterocycles. The Morgan fingerprint density at radius 1 is 0.971 bits per heavy atom. The number of hydrogen-bond donors (Lipinski definition) is 3. The van der Waals surface area contributed by atoms with Gasteiger partial charge >= 0.3 is 5.97 Å². The highest BCUT2D eigenvalue weighted by molar-refractivity contribution is 5.93. The minimum atomic E-state index is -0.929. The van der Waals surface area contributed by atoms with E-state index in [1.807, 2.05) is 31.2 Å². The lowest BCUT2D eigenvalue weighted by Crippen LogP contribution is -2.53. The molecule has 4 bridgehead atoms. The summed E-state index contributed by atoms with van der Waals surface area (Å²) in [6.45, 7) is 1.92. The number of likely N-dealkylation sites (N-methyl/N-ethyl adjacent to an activating group) is 1. The largest absolute Gasteiger partial charge is 0.496 e. The van der Waals surface area contributed by atoms with Crippen LogP contribution in [0.5, 0.6) is 11.5 Å². The van der Waals surface area contributed by atoms with Crippen molar-refractivity contribution >= 4 is 17.8 Å². The van der Waals surface area contributed by atoms with Crippen molar-refractivity contribution in [3.8, 4) is 22.6 Å². The van der Waals surface area contributed by atoms with Crippen LogP contribution in [0.25, 0.3) is 11.1 Å². The monoisotopic (exact) mass is 483 g/mol. The van der Waals surface area contributed by atoms with E-state index in [2.05, 4.69) is 16.0 Å². The Morgan fingerprint density at radius 3 is 2.23 bits per heavy atom. The zero-order valence-electron chi connectivity index (χ0n) is 20.8. The van der Waals surface area contributed by atoms with E-state index in [0.717, 1.165) is 16.7 Å². The summed E-state index contributed by atoms with van der Waals surface area (Å²) < 4.78 is 16.2. The lowest BCUT2D eigenvalue weighted by atomic mass is 9.94. The van der Waals surface area contributed by atoms with Crippen molar-refractivity contribution in [3.63, 3.8) is 0 Å². The van der Waals surface area contributed by atoms with E-state index in [4.69, 9.17) is 14.2 Å². The van der Waals surface area contributed by atoms with Crippen molar-refractivity contribution < 1.29 is 28.6 Å². The molecular formula is C26H33N3O6. The van der Waals surface area contributed by atoms with Crippen molar-refractivity contribution in [2.75, 3.05) is 28.4 Å². The minimum Gasteiger partial charge on any atom is -0.496 e. The average Bonchev–Trinajstić information content (AvgIpc) is 2.87. The lowest BCUT2D eigenvalue weighted by Gasteiger charge is -2.26. The molecule has 9 nitrogen and oxygen atoms in total. The maximum Gasteiger partial charge on any atom is 0.328 e. The Balaban J connectivity index is 2.23. The molecule has 3 atom stereocenters. The summed E-state index contributed by atoms with van der Waals surface area (Å²) >= 11 is 0. The maximum atomic E-state index is 13.3. The highest BCUT2D eigenvalue weighted by atomic mass is 16.5. The number of ether oxygens (including phenoxy) is 3. The number of rotatable bonds is 6. The number of benzene rings is 2.